The second-order valence-electron chi connectivity index (χ2n) is 6.57. The van der Waals surface area contributed by atoms with Crippen LogP contribution in [0.1, 0.15) is 19.4 Å². The minimum Gasteiger partial charge on any atom is -0.324 e. The maximum atomic E-state index is 13.3. The zero-order valence-corrected chi connectivity index (χ0v) is 18.0. The van der Waals surface area contributed by atoms with Gasteiger partial charge in [-0.2, -0.15) is 0 Å². The highest BCUT2D eigenvalue weighted by atomic mass is 79.9. The molecule has 0 saturated heterocycles. The van der Waals surface area contributed by atoms with E-state index >= 15 is 0 Å². The van der Waals surface area contributed by atoms with Crippen molar-refractivity contribution in [3.8, 4) is 11.1 Å². The molecule has 146 valence electrons. The number of thiophene rings is 1. The number of amides is 1. The van der Waals surface area contributed by atoms with Gasteiger partial charge in [0.05, 0.1) is 11.7 Å². The number of carbonyl (C=O) groups excluding carboxylic acids is 1. The van der Waals surface area contributed by atoms with E-state index in [2.05, 4.69) is 26.2 Å². The van der Waals surface area contributed by atoms with Gasteiger partial charge in [-0.05, 0) is 36.2 Å². The number of aromatic nitrogens is 2. The van der Waals surface area contributed by atoms with E-state index in [0.717, 1.165) is 15.6 Å². The summed E-state index contributed by atoms with van der Waals surface area (Å²) in [4.78, 5) is 31.3. The van der Waals surface area contributed by atoms with Gasteiger partial charge in [-0.3, -0.25) is 14.2 Å². The third-order valence-electron chi connectivity index (χ3n) is 4.74. The molecular weight excluding hydrogens is 450 g/mol. The lowest BCUT2D eigenvalue weighted by molar-refractivity contribution is -0.119. The number of nitrogens with zero attached hydrogens (tertiary/aromatic N) is 2. The first-order chi connectivity index (χ1) is 14.1. The van der Waals surface area contributed by atoms with E-state index in [9.17, 15) is 9.59 Å². The van der Waals surface area contributed by atoms with Crippen LogP contribution in [0.2, 0.25) is 0 Å². The summed E-state index contributed by atoms with van der Waals surface area (Å²) < 4.78 is 2.41. The first kappa shape index (κ1) is 19.5. The van der Waals surface area contributed by atoms with E-state index in [1.54, 1.807) is 0 Å². The van der Waals surface area contributed by atoms with Crippen molar-refractivity contribution in [2.24, 2.45) is 0 Å². The van der Waals surface area contributed by atoms with E-state index in [4.69, 9.17) is 0 Å². The normalized spacial score (nSPS) is 12.1. The number of anilines is 1. The first-order valence-corrected chi connectivity index (χ1v) is 10.9. The first-order valence-electron chi connectivity index (χ1n) is 9.18. The van der Waals surface area contributed by atoms with Gasteiger partial charge >= 0.3 is 0 Å². The average molecular weight is 468 g/mol. The molecule has 7 heteroatoms. The molecule has 1 amide bonds. The highest BCUT2D eigenvalue weighted by molar-refractivity contribution is 9.10. The predicted molar refractivity (Wildman–Crippen MR) is 121 cm³/mol. The Hall–Kier alpha value is -2.77. The largest absolute Gasteiger partial charge is 0.324 e. The number of carbonyl (C=O) groups is 1. The molecular formula is C22H18BrN3O2S. The highest BCUT2D eigenvalue weighted by Gasteiger charge is 2.22. The van der Waals surface area contributed by atoms with Gasteiger partial charge in [0.25, 0.3) is 5.56 Å². The zero-order valence-electron chi connectivity index (χ0n) is 15.6. The lowest BCUT2D eigenvalue weighted by Gasteiger charge is -2.17. The fraction of sp³-hybridized carbons (Fsp3) is 0.136. The van der Waals surface area contributed by atoms with Crippen LogP contribution in [0.5, 0.6) is 0 Å². The summed E-state index contributed by atoms with van der Waals surface area (Å²) in [5.41, 5.74) is 2.27. The molecule has 5 nitrogen and oxygen atoms in total. The molecule has 1 unspecified atom stereocenters. The minimum atomic E-state index is -0.641. The summed E-state index contributed by atoms with van der Waals surface area (Å²) >= 11 is 4.87. The summed E-state index contributed by atoms with van der Waals surface area (Å²) in [6.45, 7) is 1.88. The molecule has 2 heterocycles. The lowest BCUT2D eigenvalue weighted by Crippen LogP contribution is -2.33. The average Bonchev–Trinajstić information content (AvgIpc) is 3.16. The second-order valence-corrected chi connectivity index (χ2v) is 8.35. The van der Waals surface area contributed by atoms with Crippen molar-refractivity contribution in [2.75, 3.05) is 5.32 Å². The Morgan fingerprint density at radius 2 is 1.90 bits per heavy atom. The van der Waals surface area contributed by atoms with E-state index < -0.39 is 6.04 Å². The number of benzene rings is 2. The van der Waals surface area contributed by atoms with Gasteiger partial charge in [0.15, 0.2) is 0 Å². The summed E-state index contributed by atoms with van der Waals surface area (Å²) in [5.74, 6) is -0.234. The number of nitrogens with one attached hydrogen (secondary N) is 1. The Labute approximate surface area is 180 Å². The Bertz CT molecular complexity index is 1220. The smallest absolute Gasteiger partial charge is 0.263 e. The van der Waals surface area contributed by atoms with Crippen molar-refractivity contribution in [2.45, 2.75) is 19.4 Å². The molecule has 1 N–H and O–H groups in total. The van der Waals surface area contributed by atoms with Crippen LogP contribution in [0.4, 0.5) is 5.69 Å². The van der Waals surface area contributed by atoms with E-state index in [0.29, 0.717) is 22.3 Å². The van der Waals surface area contributed by atoms with Crippen LogP contribution in [-0.4, -0.2) is 15.5 Å². The van der Waals surface area contributed by atoms with Gasteiger partial charge in [-0.15, -0.1) is 11.3 Å². The molecule has 4 aromatic rings. The number of hydrogen-bond donors (Lipinski definition) is 1. The summed E-state index contributed by atoms with van der Waals surface area (Å²) in [7, 11) is 0. The zero-order chi connectivity index (χ0) is 20.4. The standard InChI is InChI=1S/C22H18BrN3O2S/c1-2-18(20(27)25-16-6-4-3-5-7-16)26-13-24-21-19(22(26)28)17(12-29-21)14-8-10-15(23)11-9-14/h3-13,18H,2H2,1H3,(H,25,27). The van der Waals surface area contributed by atoms with Crippen molar-refractivity contribution in [1.82, 2.24) is 9.55 Å². The molecule has 2 aromatic carbocycles. The Balaban J connectivity index is 1.76. The van der Waals surface area contributed by atoms with Crippen LogP contribution in [0.15, 0.2) is 75.6 Å². The van der Waals surface area contributed by atoms with Crippen LogP contribution in [0, 0.1) is 0 Å². The molecule has 0 aliphatic heterocycles. The Morgan fingerprint density at radius 3 is 2.59 bits per heavy atom. The van der Waals surface area contributed by atoms with Crippen molar-refractivity contribution in [3.05, 3.63) is 81.1 Å². The molecule has 1 atom stereocenters. The second kappa shape index (κ2) is 8.31. The van der Waals surface area contributed by atoms with Gasteiger partial charge < -0.3 is 5.32 Å². The molecule has 0 radical (unpaired) electrons. The van der Waals surface area contributed by atoms with E-state index in [1.165, 1.54) is 22.2 Å². The Morgan fingerprint density at radius 1 is 1.17 bits per heavy atom. The summed E-state index contributed by atoms with van der Waals surface area (Å²) in [5, 5.41) is 5.37. The Kier molecular flexibility index (Phi) is 5.60. The predicted octanol–water partition coefficient (Wildman–Crippen LogP) is 5.48. The van der Waals surface area contributed by atoms with Crippen LogP contribution < -0.4 is 10.9 Å². The van der Waals surface area contributed by atoms with Gasteiger partial charge in [0, 0.05) is 21.1 Å². The summed E-state index contributed by atoms with van der Waals surface area (Å²) in [6.07, 6.45) is 1.95. The monoisotopic (exact) mass is 467 g/mol. The van der Waals surface area contributed by atoms with E-state index in [1.807, 2.05) is 66.9 Å². The lowest BCUT2D eigenvalue weighted by atomic mass is 10.1. The molecule has 0 fully saturated rings. The molecule has 0 aliphatic rings. The van der Waals surface area contributed by atoms with Gasteiger partial charge in [-0.1, -0.05) is 53.2 Å². The van der Waals surface area contributed by atoms with Crippen molar-refractivity contribution >= 4 is 49.1 Å². The topological polar surface area (TPSA) is 64.0 Å². The highest BCUT2D eigenvalue weighted by Crippen LogP contribution is 2.31. The maximum Gasteiger partial charge on any atom is 0.263 e. The quantitative estimate of drug-likeness (QED) is 0.422. The summed E-state index contributed by atoms with van der Waals surface area (Å²) in [6, 6.07) is 16.4. The van der Waals surface area contributed by atoms with Crippen molar-refractivity contribution in [3.63, 3.8) is 0 Å². The SMILES string of the molecule is CCC(C(=O)Nc1ccccc1)n1cnc2scc(-c3ccc(Br)cc3)c2c1=O. The molecule has 2 aromatic heterocycles. The number of para-hydroxylation sites is 1. The molecule has 0 saturated carbocycles. The van der Waals surface area contributed by atoms with Crippen molar-refractivity contribution in [1.29, 1.82) is 0 Å². The van der Waals surface area contributed by atoms with Crippen molar-refractivity contribution < 1.29 is 4.79 Å². The minimum absolute atomic E-state index is 0.204. The van der Waals surface area contributed by atoms with Crippen LogP contribution in [-0.2, 0) is 4.79 Å². The number of rotatable bonds is 5. The molecule has 29 heavy (non-hydrogen) atoms. The molecule has 0 bridgehead atoms. The van der Waals surface area contributed by atoms with Crippen LogP contribution >= 0.6 is 27.3 Å². The number of hydrogen-bond acceptors (Lipinski definition) is 4. The third kappa shape index (κ3) is 3.88. The van der Waals surface area contributed by atoms with E-state index in [-0.39, 0.29) is 11.5 Å². The molecule has 0 aliphatic carbocycles. The van der Waals surface area contributed by atoms with Gasteiger partial charge in [0.1, 0.15) is 10.9 Å². The fourth-order valence-electron chi connectivity index (χ4n) is 3.26. The fourth-order valence-corrected chi connectivity index (χ4v) is 4.44. The molecule has 4 rings (SSSR count). The van der Waals surface area contributed by atoms with Gasteiger partial charge in [-0.25, -0.2) is 4.98 Å². The number of fused-ring (bicyclic) bond motifs is 1. The van der Waals surface area contributed by atoms with Gasteiger partial charge in [0.2, 0.25) is 5.91 Å². The third-order valence-corrected chi connectivity index (χ3v) is 6.16. The van der Waals surface area contributed by atoms with Crippen LogP contribution in [0.25, 0.3) is 21.3 Å². The maximum absolute atomic E-state index is 13.3. The molecule has 0 spiro atoms. The van der Waals surface area contributed by atoms with Crippen LogP contribution in [0.3, 0.4) is 0 Å². The number of halogens is 1.